The molecule has 0 amide bonds. The summed E-state index contributed by atoms with van der Waals surface area (Å²) in [4.78, 5) is 11.5. The van der Waals surface area contributed by atoms with Crippen molar-refractivity contribution in [3.63, 3.8) is 0 Å². The van der Waals surface area contributed by atoms with Gasteiger partial charge in [-0.05, 0) is 61.8 Å². The molecule has 1 aliphatic rings. The van der Waals surface area contributed by atoms with Gasteiger partial charge in [-0.15, -0.1) is 0 Å². The summed E-state index contributed by atoms with van der Waals surface area (Å²) < 4.78 is 10.4. The summed E-state index contributed by atoms with van der Waals surface area (Å²) >= 11 is 0. The molecule has 0 atom stereocenters. The zero-order valence-electron chi connectivity index (χ0n) is 11.8. The van der Waals surface area contributed by atoms with Crippen LogP contribution in [0.3, 0.4) is 0 Å². The number of aryl methyl sites for hydroxylation is 1. The van der Waals surface area contributed by atoms with Crippen LogP contribution in [0.4, 0.5) is 0 Å². The quantitative estimate of drug-likeness (QED) is 0.765. The van der Waals surface area contributed by atoms with Gasteiger partial charge < -0.3 is 9.47 Å². The molecule has 0 unspecified atom stereocenters. The van der Waals surface area contributed by atoms with Gasteiger partial charge in [0, 0.05) is 6.42 Å². The molecule has 3 nitrogen and oxygen atoms in total. The topological polar surface area (TPSA) is 35.5 Å². The summed E-state index contributed by atoms with van der Waals surface area (Å²) in [6.07, 6.45) is 5.88. The van der Waals surface area contributed by atoms with Gasteiger partial charge in [0.15, 0.2) is 0 Å². The molecule has 0 saturated heterocycles. The summed E-state index contributed by atoms with van der Waals surface area (Å²) in [5, 5.41) is 0. The lowest BCUT2D eigenvalue weighted by atomic mass is 9.86. The smallest absolute Gasteiger partial charge is 0.306 e. The molecule has 0 aliphatic heterocycles. The highest BCUT2D eigenvalue weighted by atomic mass is 16.5. The second kappa shape index (κ2) is 6.60. The highest BCUT2D eigenvalue weighted by molar-refractivity contribution is 5.69. The molecule has 3 heteroatoms. The zero-order chi connectivity index (χ0) is 13.7. The van der Waals surface area contributed by atoms with E-state index in [-0.39, 0.29) is 5.97 Å². The van der Waals surface area contributed by atoms with Crippen LogP contribution >= 0.6 is 0 Å². The maximum atomic E-state index is 11.5. The standard InChI is InChI=1S/C16H22O3/c1-3-19-16(17)11-9-12-8-10-15(18-2)14-7-5-4-6-13(12)14/h8,10H,3-7,9,11H2,1-2H3. The van der Waals surface area contributed by atoms with Gasteiger partial charge >= 0.3 is 5.97 Å². The molecule has 1 aliphatic carbocycles. The Bertz CT molecular complexity index is 452. The van der Waals surface area contributed by atoms with Crippen molar-refractivity contribution in [1.82, 2.24) is 0 Å². The van der Waals surface area contributed by atoms with Crippen LogP contribution in [0, 0.1) is 0 Å². The van der Waals surface area contributed by atoms with Gasteiger partial charge in [0.25, 0.3) is 0 Å². The first-order chi connectivity index (χ1) is 9.26. The van der Waals surface area contributed by atoms with Gasteiger partial charge in [-0.25, -0.2) is 0 Å². The van der Waals surface area contributed by atoms with Crippen LogP contribution in [0.15, 0.2) is 12.1 Å². The van der Waals surface area contributed by atoms with E-state index in [1.165, 1.54) is 29.5 Å². The molecular formula is C16H22O3. The molecule has 0 bridgehead atoms. The van der Waals surface area contributed by atoms with Crippen LogP contribution < -0.4 is 4.74 Å². The van der Waals surface area contributed by atoms with Crippen molar-refractivity contribution in [3.8, 4) is 5.75 Å². The first kappa shape index (κ1) is 13.9. The highest BCUT2D eigenvalue weighted by Crippen LogP contribution is 2.32. The number of fused-ring (bicyclic) bond motifs is 1. The molecule has 1 aromatic carbocycles. The maximum absolute atomic E-state index is 11.5. The van der Waals surface area contributed by atoms with E-state index >= 15 is 0 Å². The second-order valence-electron chi connectivity index (χ2n) is 4.90. The monoisotopic (exact) mass is 262 g/mol. The third kappa shape index (κ3) is 3.28. The van der Waals surface area contributed by atoms with Gasteiger partial charge in [0.05, 0.1) is 13.7 Å². The summed E-state index contributed by atoms with van der Waals surface area (Å²) in [7, 11) is 1.72. The van der Waals surface area contributed by atoms with Crippen molar-refractivity contribution >= 4 is 5.97 Å². The van der Waals surface area contributed by atoms with Crippen LogP contribution in [-0.2, 0) is 28.8 Å². The Morgan fingerprint density at radius 1 is 1.21 bits per heavy atom. The van der Waals surface area contributed by atoms with E-state index in [0.717, 1.165) is 25.0 Å². The third-order valence-electron chi connectivity index (χ3n) is 3.71. The van der Waals surface area contributed by atoms with Crippen molar-refractivity contribution in [2.75, 3.05) is 13.7 Å². The van der Waals surface area contributed by atoms with Gasteiger partial charge in [-0.1, -0.05) is 6.07 Å². The van der Waals surface area contributed by atoms with Crippen molar-refractivity contribution in [2.24, 2.45) is 0 Å². The Morgan fingerprint density at radius 2 is 1.95 bits per heavy atom. The fourth-order valence-corrected chi connectivity index (χ4v) is 2.80. The van der Waals surface area contributed by atoms with E-state index in [1.807, 2.05) is 13.0 Å². The predicted octanol–water partition coefficient (Wildman–Crippen LogP) is 3.07. The lowest BCUT2D eigenvalue weighted by Gasteiger charge is -2.22. The Kier molecular flexibility index (Phi) is 4.83. The number of ether oxygens (including phenoxy) is 2. The normalized spacial score (nSPS) is 13.8. The van der Waals surface area contributed by atoms with Crippen LogP contribution in [0.25, 0.3) is 0 Å². The van der Waals surface area contributed by atoms with Crippen LogP contribution in [0.1, 0.15) is 42.9 Å². The minimum absolute atomic E-state index is 0.108. The minimum Gasteiger partial charge on any atom is -0.496 e. The van der Waals surface area contributed by atoms with Gasteiger partial charge in [-0.2, -0.15) is 0 Å². The Morgan fingerprint density at radius 3 is 2.63 bits per heavy atom. The summed E-state index contributed by atoms with van der Waals surface area (Å²) in [5.41, 5.74) is 4.02. The molecule has 104 valence electrons. The molecule has 19 heavy (non-hydrogen) atoms. The lowest BCUT2D eigenvalue weighted by Crippen LogP contribution is -2.11. The number of rotatable bonds is 5. The van der Waals surface area contributed by atoms with E-state index in [2.05, 4.69) is 6.07 Å². The largest absolute Gasteiger partial charge is 0.496 e. The minimum atomic E-state index is -0.108. The second-order valence-corrected chi connectivity index (χ2v) is 4.90. The van der Waals surface area contributed by atoms with E-state index in [1.54, 1.807) is 7.11 Å². The molecule has 0 heterocycles. The van der Waals surface area contributed by atoms with Crippen LogP contribution in [0.5, 0.6) is 5.75 Å². The fraction of sp³-hybridized carbons (Fsp3) is 0.562. The predicted molar refractivity (Wildman–Crippen MR) is 74.6 cm³/mol. The number of hydrogen-bond donors (Lipinski definition) is 0. The molecule has 0 radical (unpaired) electrons. The fourth-order valence-electron chi connectivity index (χ4n) is 2.80. The van der Waals surface area contributed by atoms with E-state index in [4.69, 9.17) is 9.47 Å². The Balaban J connectivity index is 2.15. The molecule has 0 spiro atoms. The van der Waals surface area contributed by atoms with Gasteiger partial charge in [0.1, 0.15) is 5.75 Å². The van der Waals surface area contributed by atoms with Gasteiger partial charge in [0.2, 0.25) is 0 Å². The highest BCUT2D eigenvalue weighted by Gasteiger charge is 2.18. The summed E-state index contributed by atoms with van der Waals surface area (Å²) in [5.74, 6) is 0.887. The van der Waals surface area contributed by atoms with Crippen molar-refractivity contribution < 1.29 is 14.3 Å². The van der Waals surface area contributed by atoms with Crippen LogP contribution in [-0.4, -0.2) is 19.7 Å². The number of benzene rings is 1. The van der Waals surface area contributed by atoms with Crippen molar-refractivity contribution in [1.29, 1.82) is 0 Å². The number of methoxy groups -OCH3 is 1. The molecule has 0 fully saturated rings. The van der Waals surface area contributed by atoms with E-state index in [0.29, 0.717) is 13.0 Å². The average molecular weight is 262 g/mol. The lowest BCUT2D eigenvalue weighted by molar-refractivity contribution is -0.143. The zero-order valence-corrected chi connectivity index (χ0v) is 11.8. The number of carbonyl (C=O) groups is 1. The summed E-state index contributed by atoms with van der Waals surface area (Å²) in [6.45, 7) is 2.30. The van der Waals surface area contributed by atoms with Gasteiger partial charge in [-0.3, -0.25) is 4.79 Å². The van der Waals surface area contributed by atoms with Crippen molar-refractivity contribution in [2.45, 2.75) is 45.4 Å². The maximum Gasteiger partial charge on any atom is 0.306 e. The molecule has 2 rings (SSSR count). The van der Waals surface area contributed by atoms with Crippen LogP contribution in [0.2, 0.25) is 0 Å². The first-order valence-corrected chi connectivity index (χ1v) is 7.09. The Labute approximate surface area is 114 Å². The number of esters is 1. The van der Waals surface area contributed by atoms with E-state index < -0.39 is 0 Å². The molecule has 0 N–H and O–H groups in total. The third-order valence-corrected chi connectivity index (χ3v) is 3.71. The number of hydrogen-bond acceptors (Lipinski definition) is 3. The molecule has 0 saturated carbocycles. The molecule has 1 aromatic rings. The Hall–Kier alpha value is -1.51. The SMILES string of the molecule is CCOC(=O)CCc1ccc(OC)c2c1CCCC2. The van der Waals surface area contributed by atoms with E-state index in [9.17, 15) is 4.79 Å². The first-order valence-electron chi connectivity index (χ1n) is 7.09. The molecular weight excluding hydrogens is 240 g/mol. The van der Waals surface area contributed by atoms with Crippen molar-refractivity contribution in [3.05, 3.63) is 28.8 Å². The molecule has 0 aromatic heterocycles. The number of carbonyl (C=O) groups excluding carboxylic acids is 1. The summed E-state index contributed by atoms with van der Waals surface area (Å²) in [6, 6.07) is 4.13. The average Bonchev–Trinajstić information content (AvgIpc) is 2.45.